The van der Waals surface area contributed by atoms with Gasteiger partial charge in [-0.25, -0.2) is 9.37 Å². The SMILES string of the molecule is O=C(Nc1ccc(N2CCCC(Oc3ccccc3)C2)cc1)c1cc(-c2ccc3[nH]nnc3n2)ccc1F. The highest BCUT2D eigenvalue weighted by Crippen LogP contribution is 2.26. The number of amides is 1. The molecule has 6 rings (SSSR count). The third-order valence-electron chi connectivity index (χ3n) is 6.61. The first kappa shape index (κ1) is 23.6. The maximum atomic E-state index is 14.6. The molecule has 8 nitrogen and oxygen atoms in total. The van der Waals surface area contributed by atoms with Gasteiger partial charge in [0.2, 0.25) is 5.65 Å². The van der Waals surface area contributed by atoms with Crippen molar-refractivity contribution in [3.63, 3.8) is 0 Å². The molecule has 38 heavy (non-hydrogen) atoms. The van der Waals surface area contributed by atoms with Crippen molar-refractivity contribution < 1.29 is 13.9 Å². The standard InChI is InChI=1S/C29H25FN6O2/c30-25-13-8-19(26-14-15-27-28(32-26)34-35-33-27)17-24(25)29(37)31-20-9-11-21(12-10-20)36-16-4-7-23(18-36)38-22-5-2-1-3-6-22/h1-3,5-6,8-15,17,23H,4,7,16,18H2,(H,31,37)(H,32,33,34,35). The average molecular weight is 509 g/mol. The highest BCUT2D eigenvalue weighted by Gasteiger charge is 2.22. The normalized spacial score (nSPS) is 15.4. The first-order valence-corrected chi connectivity index (χ1v) is 12.5. The Labute approximate surface area is 218 Å². The van der Waals surface area contributed by atoms with E-state index in [-0.39, 0.29) is 11.7 Å². The fourth-order valence-corrected chi connectivity index (χ4v) is 4.67. The van der Waals surface area contributed by atoms with Gasteiger partial charge in [0.05, 0.1) is 17.8 Å². The van der Waals surface area contributed by atoms with E-state index < -0.39 is 11.7 Å². The molecule has 0 bridgehead atoms. The third kappa shape index (κ3) is 5.04. The van der Waals surface area contributed by atoms with Gasteiger partial charge in [-0.15, -0.1) is 5.10 Å². The molecule has 5 aromatic rings. The van der Waals surface area contributed by atoms with Crippen LogP contribution in [-0.4, -0.2) is 45.5 Å². The zero-order valence-corrected chi connectivity index (χ0v) is 20.5. The first-order chi connectivity index (χ1) is 18.6. The molecule has 0 aliphatic carbocycles. The molecular weight excluding hydrogens is 483 g/mol. The molecule has 1 aliphatic rings. The second kappa shape index (κ2) is 10.3. The van der Waals surface area contributed by atoms with E-state index in [1.54, 1.807) is 18.2 Å². The minimum Gasteiger partial charge on any atom is -0.489 e. The van der Waals surface area contributed by atoms with Crippen LogP contribution in [0.2, 0.25) is 0 Å². The summed E-state index contributed by atoms with van der Waals surface area (Å²) in [7, 11) is 0. The molecule has 2 aromatic heterocycles. The Bertz CT molecular complexity index is 1570. The molecule has 1 fully saturated rings. The number of aromatic nitrogens is 4. The van der Waals surface area contributed by atoms with Crippen LogP contribution in [0.25, 0.3) is 22.4 Å². The first-order valence-electron chi connectivity index (χ1n) is 12.5. The van der Waals surface area contributed by atoms with E-state index in [1.165, 1.54) is 12.1 Å². The van der Waals surface area contributed by atoms with Crippen LogP contribution in [0, 0.1) is 5.82 Å². The van der Waals surface area contributed by atoms with Gasteiger partial charge in [-0.1, -0.05) is 23.4 Å². The topological polar surface area (TPSA) is 96.0 Å². The molecule has 1 unspecified atom stereocenters. The van der Waals surface area contributed by atoms with E-state index in [2.05, 4.69) is 30.6 Å². The van der Waals surface area contributed by atoms with Gasteiger partial charge < -0.3 is 15.0 Å². The van der Waals surface area contributed by atoms with E-state index >= 15 is 0 Å². The fourth-order valence-electron chi connectivity index (χ4n) is 4.67. The number of H-pyrrole nitrogens is 1. The molecular formula is C29H25FN6O2. The number of para-hydroxylation sites is 1. The van der Waals surface area contributed by atoms with Gasteiger partial charge >= 0.3 is 0 Å². The number of anilines is 2. The summed E-state index contributed by atoms with van der Waals surface area (Å²) >= 11 is 0. The van der Waals surface area contributed by atoms with Crippen molar-refractivity contribution in [1.29, 1.82) is 0 Å². The molecule has 1 saturated heterocycles. The van der Waals surface area contributed by atoms with Crippen LogP contribution in [0.5, 0.6) is 5.75 Å². The van der Waals surface area contributed by atoms with Gasteiger partial charge in [0.15, 0.2) is 0 Å². The van der Waals surface area contributed by atoms with Crippen LogP contribution < -0.4 is 15.0 Å². The minimum atomic E-state index is -0.608. The number of aromatic amines is 1. The number of carbonyl (C=O) groups is 1. The molecule has 190 valence electrons. The van der Waals surface area contributed by atoms with Gasteiger partial charge in [-0.2, -0.15) is 0 Å². The summed E-state index contributed by atoms with van der Waals surface area (Å²) in [6, 6.07) is 25.4. The van der Waals surface area contributed by atoms with E-state index in [1.807, 2.05) is 54.6 Å². The molecule has 3 aromatic carbocycles. The Morgan fingerprint density at radius 3 is 2.71 bits per heavy atom. The second-order valence-corrected chi connectivity index (χ2v) is 9.22. The van der Waals surface area contributed by atoms with Crippen molar-refractivity contribution in [2.45, 2.75) is 18.9 Å². The molecule has 1 aliphatic heterocycles. The Morgan fingerprint density at radius 2 is 1.87 bits per heavy atom. The lowest BCUT2D eigenvalue weighted by Gasteiger charge is -2.34. The van der Waals surface area contributed by atoms with Crippen LogP contribution in [0.4, 0.5) is 15.8 Å². The predicted molar refractivity (Wildman–Crippen MR) is 144 cm³/mol. The number of rotatable bonds is 6. The summed E-state index contributed by atoms with van der Waals surface area (Å²) in [6.45, 7) is 1.72. The third-order valence-corrected chi connectivity index (χ3v) is 6.61. The van der Waals surface area contributed by atoms with Crippen molar-refractivity contribution in [2.24, 2.45) is 0 Å². The fraction of sp³-hybridized carbons (Fsp3) is 0.172. The van der Waals surface area contributed by atoms with Gasteiger partial charge in [-0.05, 0) is 79.6 Å². The number of nitrogens with zero attached hydrogens (tertiary/aromatic N) is 4. The van der Waals surface area contributed by atoms with Crippen molar-refractivity contribution in [1.82, 2.24) is 20.4 Å². The van der Waals surface area contributed by atoms with Crippen molar-refractivity contribution >= 4 is 28.4 Å². The summed E-state index contributed by atoms with van der Waals surface area (Å²) in [5.41, 5.74) is 3.89. The zero-order valence-electron chi connectivity index (χ0n) is 20.5. The quantitative estimate of drug-likeness (QED) is 0.316. The Balaban J connectivity index is 1.13. The number of carbonyl (C=O) groups excluding carboxylic acids is 1. The van der Waals surface area contributed by atoms with Crippen molar-refractivity contribution in [3.05, 3.63) is 96.3 Å². The molecule has 3 heterocycles. The highest BCUT2D eigenvalue weighted by atomic mass is 19.1. The smallest absolute Gasteiger partial charge is 0.258 e. The lowest BCUT2D eigenvalue weighted by molar-refractivity contribution is 0.102. The van der Waals surface area contributed by atoms with Crippen molar-refractivity contribution in [2.75, 3.05) is 23.3 Å². The van der Waals surface area contributed by atoms with Gasteiger partial charge in [-0.3, -0.25) is 9.89 Å². The Morgan fingerprint density at radius 1 is 1.03 bits per heavy atom. The Hall–Kier alpha value is -4.79. The zero-order chi connectivity index (χ0) is 25.9. The maximum absolute atomic E-state index is 14.6. The largest absolute Gasteiger partial charge is 0.489 e. The second-order valence-electron chi connectivity index (χ2n) is 9.22. The van der Waals surface area contributed by atoms with Crippen LogP contribution in [0.3, 0.4) is 0 Å². The minimum absolute atomic E-state index is 0.0643. The van der Waals surface area contributed by atoms with Crippen molar-refractivity contribution in [3.8, 4) is 17.0 Å². The van der Waals surface area contributed by atoms with E-state index in [0.717, 1.165) is 37.4 Å². The summed E-state index contributed by atoms with van der Waals surface area (Å²) in [5, 5.41) is 13.2. The summed E-state index contributed by atoms with van der Waals surface area (Å²) < 4.78 is 20.8. The number of fused-ring (bicyclic) bond motifs is 1. The van der Waals surface area contributed by atoms with E-state index in [0.29, 0.717) is 28.1 Å². The molecule has 0 spiro atoms. The molecule has 1 atom stereocenters. The average Bonchev–Trinajstić information content (AvgIpc) is 3.42. The number of piperidine rings is 1. The number of ether oxygens (including phenoxy) is 1. The van der Waals surface area contributed by atoms with Crippen LogP contribution in [0.15, 0.2) is 84.9 Å². The lowest BCUT2D eigenvalue weighted by atomic mass is 10.1. The van der Waals surface area contributed by atoms with Crippen LogP contribution >= 0.6 is 0 Å². The maximum Gasteiger partial charge on any atom is 0.258 e. The lowest BCUT2D eigenvalue weighted by Crippen LogP contribution is -2.41. The summed E-state index contributed by atoms with van der Waals surface area (Å²) in [4.78, 5) is 19.7. The van der Waals surface area contributed by atoms with Gasteiger partial charge in [0, 0.05) is 23.5 Å². The van der Waals surface area contributed by atoms with E-state index in [9.17, 15) is 9.18 Å². The number of hydrogen-bond acceptors (Lipinski definition) is 6. The summed E-state index contributed by atoms with van der Waals surface area (Å²) in [6.07, 6.45) is 2.15. The predicted octanol–water partition coefficient (Wildman–Crippen LogP) is 5.46. The number of pyridine rings is 1. The molecule has 0 saturated carbocycles. The number of hydrogen-bond donors (Lipinski definition) is 2. The molecule has 0 radical (unpaired) electrons. The Kier molecular flexibility index (Phi) is 6.39. The number of benzene rings is 3. The number of halogens is 1. The van der Waals surface area contributed by atoms with E-state index in [4.69, 9.17) is 4.74 Å². The summed E-state index contributed by atoms with van der Waals surface area (Å²) in [5.74, 6) is -0.264. The highest BCUT2D eigenvalue weighted by molar-refractivity contribution is 6.05. The van der Waals surface area contributed by atoms with Crippen LogP contribution in [0.1, 0.15) is 23.2 Å². The number of nitrogens with one attached hydrogen (secondary N) is 2. The monoisotopic (exact) mass is 508 g/mol. The van der Waals surface area contributed by atoms with Gasteiger partial charge in [0.25, 0.3) is 5.91 Å². The molecule has 9 heteroatoms. The van der Waals surface area contributed by atoms with Gasteiger partial charge in [0.1, 0.15) is 23.2 Å². The molecule has 2 N–H and O–H groups in total. The molecule has 1 amide bonds. The van der Waals surface area contributed by atoms with Crippen LogP contribution in [-0.2, 0) is 0 Å².